The van der Waals surface area contributed by atoms with Gasteiger partial charge in [-0.1, -0.05) is 0 Å². The van der Waals surface area contributed by atoms with E-state index < -0.39 is 16.0 Å². The quantitative estimate of drug-likeness (QED) is 0.832. The monoisotopic (exact) mass is 329 g/mol. The van der Waals surface area contributed by atoms with Crippen molar-refractivity contribution >= 4 is 27.3 Å². The van der Waals surface area contributed by atoms with E-state index in [4.69, 9.17) is 5.11 Å². The number of carboxylic acid groups (broad SMARTS) is 1. The molecule has 0 spiro atoms. The third-order valence-corrected chi connectivity index (χ3v) is 6.02. The van der Waals surface area contributed by atoms with Crippen molar-refractivity contribution in [2.75, 3.05) is 0 Å². The summed E-state index contributed by atoms with van der Waals surface area (Å²) in [6.07, 6.45) is 3.35. The molecule has 0 saturated carbocycles. The molecular weight excluding hydrogens is 314 g/mol. The minimum absolute atomic E-state index is 0.00437. The third-order valence-electron chi connectivity index (χ3n) is 2.73. The molecule has 0 aliphatic rings. The standard InChI is InChI=1S/C12H15N3O4S2/c1-8-6-10(20-11(8)12(16)17)21(18,19)14-9(2)7-15-5-3-4-13-15/h3-6,9,14H,7H2,1-2H3,(H,16,17). The van der Waals surface area contributed by atoms with Gasteiger partial charge >= 0.3 is 5.97 Å². The summed E-state index contributed by atoms with van der Waals surface area (Å²) < 4.78 is 28.6. The maximum atomic E-state index is 12.2. The van der Waals surface area contributed by atoms with E-state index in [1.807, 2.05) is 0 Å². The average Bonchev–Trinajstić information content (AvgIpc) is 2.97. The van der Waals surface area contributed by atoms with Crippen LogP contribution in [0.3, 0.4) is 0 Å². The van der Waals surface area contributed by atoms with E-state index >= 15 is 0 Å². The molecule has 0 amide bonds. The van der Waals surface area contributed by atoms with Crippen LogP contribution in [0.25, 0.3) is 0 Å². The fraction of sp³-hybridized carbons (Fsp3) is 0.333. The Balaban J connectivity index is 2.14. The fourth-order valence-electron chi connectivity index (χ4n) is 1.85. The summed E-state index contributed by atoms with van der Waals surface area (Å²) in [7, 11) is -3.73. The summed E-state index contributed by atoms with van der Waals surface area (Å²) in [6, 6.07) is 2.76. The molecule has 9 heteroatoms. The molecule has 7 nitrogen and oxygen atoms in total. The van der Waals surface area contributed by atoms with Gasteiger partial charge in [-0.2, -0.15) is 5.10 Å². The van der Waals surface area contributed by atoms with Crippen molar-refractivity contribution in [3.05, 3.63) is 35.0 Å². The first-order chi connectivity index (χ1) is 9.79. The van der Waals surface area contributed by atoms with Gasteiger partial charge in [0.15, 0.2) is 0 Å². The van der Waals surface area contributed by atoms with Crippen LogP contribution in [-0.2, 0) is 16.6 Å². The summed E-state index contributed by atoms with van der Waals surface area (Å²) in [6.45, 7) is 3.69. The van der Waals surface area contributed by atoms with Crippen molar-refractivity contribution in [2.45, 2.75) is 30.6 Å². The van der Waals surface area contributed by atoms with E-state index in [0.717, 1.165) is 11.3 Å². The van der Waals surface area contributed by atoms with Gasteiger partial charge in [-0.15, -0.1) is 11.3 Å². The van der Waals surface area contributed by atoms with Crippen LogP contribution < -0.4 is 4.72 Å². The summed E-state index contributed by atoms with van der Waals surface area (Å²) in [5.74, 6) is -1.12. The number of aryl methyl sites for hydroxylation is 1. The molecule has 2 N–H and O–H groups in total. The van der Waals surface area contributed by atoms with Crippen molar-refractivity contribution in [1.29, 1.82) is 0 Å². The highest BCUT2D eigenvalue weighted by Gasteiger charge is 2.23. The van der Waals surface area contributed by atoms with Crippen LogP contribution in [0.1, 0.15) is 22.2 Å². The zero-order chi connectivity index (χ0) is 15.6. The number of hydrogen-bond donors (Lipinski definition) is 2. The van der Waals surface area contributed by atoms with Gasteiger partial charge in [0, 0.05) is 18.4 Å². The lowest BCUT2D eigenvalue weighted by Crippen LogP contribution is -2.35. The van der Waals surface area contributed by atoms with Crippen molar-refractivity contribution in [3.63, 3.8) is 0 Å². The Kier molecular flexibility index (Phi) is 4.45. The van der Waals surface area contributed by atoms with Crippen LogP contribution in [0.2, 0.25) is 0 Å². The van der Waals surface area contributed by atoms with Gasteiger partial charge in [-0.25, -0.2) is 17.9 Å². The minimum atomic E-state index is -3.73. The Hall–Kier alpha value is -1.71. The zero-order valence-electron chi connectivity index (χ0n) is 11.5. The SMILES string of the molecule is Cc1cc(S(=O)(=O)NC(C)Cn2cccn2)sc1C(=O)O. The Morgan fingerprint density at radius 3 is 2.81 bits per heavy atom. The van der Waals surface area contributed by atoms with Crippen LogP contribution in [-0.4, -0.2) is 35.3 Å². The van der Waals surface area contributed by atoms with Gasteiger partial charge in [-0.05, 0) is 31.5 Å². The van der Waals surface area contributed by atoms with Crippen LogP contribution in [0.5, 0.6) is 0 Å². The molecule has 0 bridgehead atoms. The number of nitrogens with zero attached hydrogens (tertiary/aromatic N) is 2. The highest BCUT2D eigenvalue weighted by molar-refractivity contribution is 7.91. The van der Waals surface area contributed by atoms with Gasteiger partial charge in [0.25, 0.3) is 0 Å². The lowest BCUT2D eigenvalue weighted by atomic mass is 10.3. The largest absolute Gasteiger partial charge is 0.477 e. The Morgan fingerprint density at radius 1 is 1.57 bits per heavy atom. The van der Waals surface area contributed by atoms with E-state index in [2.05, 4.69) is 9.82 Å². The summed E-state index contributed by atoms with van der Waals surface area (Å²) in [5, 5.41) is 13.0. The van der Waals surface area contributed by atoms with E-state index in [9.17, 15) is 13.2 Å². The highest BCUT2D eigenvalue weighted by atomic mass is 32.2. The normalized spacial score (nSPS) is 13.2. The molecule has 0 aliphatic carbocycles. The van der Waals surface area contributed by atoms with Gasteiger partial charge in [0.2, 0.25) is 10.0 Å². The summed E-state index contributed by atoms with van der Waals surface area (Å²) in [5.41, 5.74) is 0.438. The maximum absolute atomic E-state index is 12.2. The second kappa shape index (κ2) is 5.96. The molecular formula is C12H15N3O4S2. The van der Waals surface area contributed by atoms with Gasteiger partial charge < -0.3 is 5.11 Å². The number of sulfonamides is 1. The number of nitrogens with one attached hydrogen (secondary N) is 1. The first-order valence-electron chi connectivity index (χ1n) is 6.13. The predicted octanol–water partition coefficient (Wildman–Crippen LogP) is 1.32. The van der Waals surface area contributed by atoms with Crippen molar-refractivity contribution < 1.29 is 18.3 Å². The molecule has 2 rings (SSSR count). The van der Waals surface area contributed by atoms with Crippen molar-refractivity contribution in [1.82, 2.24) is 14.5 Å². The number of hydrogen-bond acceptors (Lipinski definition) is 5. The second-order valence-electron chi connectivity index (χ2n) is 4.63. The Morgan fingerprint density at radius 2 is 2.29 bits per heavy atom. The van der Waals surface area contributed by atoms with E-state index in [1.54, 1.807) is 37.0 Å². The average molecular weight is 329 g/mol. The van der Waals surface area contributed by atoms with Gasteiger partial charge in [0.1, 0.15) is 9.09 Å². The highest BCUT2D eigenvalue weighted by Crippen LogP contribution is 2.26. The number of rotatable bonds is 6. The Bertz CT molecular complexity index is 735. The fourth-order valence-corrected chi connectivity index (χ4v) is 4.48. The number of carboxylic acids is 1. The van der Waals surface area contributed by atoms with Crippen molar-refractivity contribution in [3.8, 4) is 0 Å². The summed E-state index contributed by atoms with van der Waals surface area (Å²) >= 11 is 0.752. The number of thiophene rings is 1. The first-order valence-corrected chi connectivity index (χ1v) is 8.43. The maximum Gasteiger partial charge on any atom is 0.346 e. The molecule has 0 radical (unpaired) electrons. The molecule has 1 unspecified atom stereocenters. The third kappa shape index (κ3) is 3.69. The topological polar surface area (TPSA) is 101 Å². The Labute approximate surface area is 126 Å². The lowest BCUT2D eigenvalue weighted by molar-refractivity contribution is 0.0701. The molecule has 0 saturated heterocycles. The second-order valence-corrected chi connectivity index (χ2v) is 7.63. The van der Waals surface area contributed by atoms with Crippen molar-refractivity contribution in [2.24, 2.45) is 0 Å². The molecule has 2 heterocycles. The zero-order valence-corrected chi connectivity index (χ0v) is 13.1. The molecule has 21 heavy (non-hydrogen) atoms. The number of aromatic carboxylic acids is 1. The molecule has 0 aliphatic heterocycles. The lowest BCUT2D eigenvalue weighted by Gasteiger charge is -2.13. The van der Waals surface area contributed by atoms with Crippen LogP contribution >= 0.6 is 11.3 Å². The molecule has 114 valence electrons. The molecule has 1 atom stereocenters. The molecule has 0 aromatic carbocycles. The van der Waals surface area contributed by atoms with Gasteiger partial charge in [0.05, 0.1) is 6.54 Å². The van der Waals surface area contributed by atoms with Crippen LogP contribution in [0.15, 0.2) is 28.7 Å². The molecule has 0 fully saturated rings. The van der Waals surface area contributed by atoms with Gasteiger partial charge in [-0.3, -0.25) is 4.68 Å². The minimum Gasteiger partial charge on any atom is -0.477 e. The number of carbonyl (C=O) groups is 1. The van der Waals surface area contributed by atoms with Crippen LogP contribution in [0.4, 0.5) is 0 Å². The predicted molar refractivity (Wildman–Crippen MR) is 78.0 cm³/mol. The van der Waals surface area contributed by atoms with E-state index in [-0.39, 0.29) is 15.1 Å². The number of aromatic nitrogens is 2. The molecule has 2 aromatic heterocycles. The smallest absolute Gasteiger partial charge is 0.346 e. The van der Waals surface area contributed by atoms with Crippen LogP contribution in [0, 0.1) is 6.92 Å². The van der Waals surface area contributed by atoms with E-state index in [1.165, 1.54) is 6.07 Å². The first kappa shape index (κ1) is 15.7. The van der Waals surface area contributed by atoms with E-state index in [0.29, 0.717) is 12.1 Å². The molecule has 2 aromatic rings. The summed E-state index contributed by atoms with van der Waals surface area (Å²) in [4.78, 5) is 11.0.